The Hall–Kier alpha value is -1.12. The second-order valence-corrected chi connectivity index (χ2v) is 4.03. The second kappa shape index (κ2) is 4.40. The van der Waals surface area contributed by atoms with E-state index in [2.05, 4.69) is 15.9 Å². The lowest BCUT2D eigenvalue weighted by atomic mass is 10.3. The molecule has 0 radical (unpaired) electrons. The van der Waals surface area contributed by atoms with Crippen molar-refractivity contribution in [2.45, 2.75) is 19.5 Å². The first-order valence-corrected chi connectivity index (χ1v) is 4.89. The summed E-state index contributed by atoms with van der Waals surface area (Å²) in [5.74, 6) is 0. The number of hydrogen-bond donors (Lipinski definition) is 1. The molecule has 0 saturated carbocycles. The molecule has 1 rings (SSSR count). The van der Waals surface area contributed by atoms with Gasteiger partial charge in [0.1, 0.15) is 11.6 Å². The van der Waals surface area contributed by atoms with Gasteiger partial charge in [0.15, 0.2) is 0 Å². The second-order valence-electron chi connectivity index (χ2n) is 3.12. The normalized spacial score (nSPS) is 12.1. The van der Waals surface area contributed by atoms with Crippen LogP contribution in [0.1, 0.15) is 12.5 Å². The molecule has 1 aromatic rings. The Labute approximate surface area is 90.1 Å². The van der Waals surface area contributed by atoms with Gasteiger partial charge in [-0.3, -0.25) is 4.79 Å². The molecule has 1 aromatic heterocycles. The van der Waals surface area contributed by atoms with Gasteiger partial charge in [0.25, 0.3) is 5.56 Å². The van der Waals surface area contributed by atoms with Crippen LogP contribution in [0.2, 0.25) is 0 Å². The van der Waals surface area contributed by atoms with Crippen LogP contribution in [0.15, 0.2) is 21.5 Å². The lowest BCUT2D eigenvalue weighted by Crippen LogP contribution is -2.30. The number of nitriles is 1. The first-order chi connectivity index (χ1) is 6.54. The van der Waals surface area contributed by atoms with Crippen LogP contribution in [0.3, 0.4) is 0 Å². The van der Waals surface area contributed by atoms with E-state index in [9.17, 15) is 4.79 Å². The summed E-state index contributed by atoms with van der Waals surface area (Å²) in [5.41, 5.74) is 5.40. The zero-order valence-corrected chi connectivity index (χ0v) is 9.28. The van der Waals surface area contributed by atoms with Crippen molar-refractivity contribution in [3.05, 3.63) is 32.7 Å². The summed E-state index contributed by atoms with van der Waals surface area (Å²) in [4.78, 5) is 11.6. The minimum absolute atomic E-state index is 0.117. The molecule has 14 heavy (non-hydrogen) atoms. The average molecular weight is 256 g/mol. The molecule has 0 saturated heterocycles. The molecule has 2 N–H and O–H groups in total. The number of rotatable bonds is 2. The quantitative estimate of drug-likeness (QED) is 0.851. The average Bonchev–Trinajstić information content (AvgIpc) is 2.09. The summed E-state index contributed by atoms with van der Waals surface area (Å²) in [7, 11) is 0. The summed E-state index contributed by atoms with van der Waals surface area (Å²) in [6, 6.07) is 3.23. The predicted molar refractivity (Wildman–Crippen MR) is 56.8 cm³/mol. The van der Waals surface area contributed by atoms with Crippen molar-refractivity contribution in [3.63, 3.8) is 0 Å². The molecule has 0 fully saturated rings. The van der Waals surface area contributed by atoms with Gasteiger partial charge in [-0.15, -0.1) is 0 Å². The summed E-state index contributed by atoms with van der Waals surface area (Å²) in [5, 5.41) is 8.69. The highest BCUT2D eigenvalue weighted by Gasteiger charge is 2.06. The zero-order chi connectivity index (χ0) is 10.7. The molecule has 0 aliphatic carbocycles. The smallest absolute Gasteiger partial charge is 0.268 e. The molecule has 1 atom stereocenters. The van der Waals surface area contributed by atoms with E-state index in [1.54, 1.807) is 13.1 Å². The highest BCUT2D eigenvalue weighted by Crippen LogP contribution is 2.08. The van der Waals surface area contributed by atoms with Crippen molar-refractivity contribution in [1.29, 1.82) is 5.26 Å². The van der Waals surface area contributed by atoms with Crippen LogP contribution >= 0.6 is 15.9 Å². The fourth-order valence-electron chi connectivity index (χ4n) is 1.13. The third-order valence-electron chi connectivity index (χ3n) is 1.66. The molecule has 0 aliphatic heterocycles. The molecule has 1 heterocycles. The van der Waals surface area contributed by atoms with Gasteiger partial charge in [-0.1, -0.05) is 0 Å². The first kappa shape index (κ1) is 11.0. The molecule has 0 amide bonds. The summed E-state index contributed by atoms with van der Waals surface area (Å²) < 4.78 is 2.14. The van der Waals surface area contributed by atoms with Crippen LogP contribution in [-0.4, -0.2) is 10.6 Å². The monoisotopic (exact) mass is 255 g/mol. The predicted octanol–water partition coefficient (Wildman–Crippen LogP) is 0.830. The fraction of sp³-hybridized carbons (Fsp3) is 0.333. The number of aromatic nitrogens is 1. The highest BCUT2D eigenvalue weighted by atomic mass is 79.9. The van der Waals surface area contributed by atoms with Gasteiger partial charge in [-0.25, -0.2) is 0 Å². The molecule has 5 heteroatoms. The Kier molecular flexibility index (Phi) is 3.44. The van der Waals surface area contributed by atoms with Crippen molar-refractivity contribution in [2.75, 3.05) is 0 Å². The van der Waals surface area contributed by atoms with Gasteiger partial charge >= 0.3 is 0 Å². The van der Waals surface area contributed by atoms with E-state index in [1.165, 1.54) is 10.6 Å². The maximum absolute atomic E-state index is 11.6. The molecular formula is C9H10BrN3O. The molecule has 0 spiro atoms. The lowest BCUT2D eigenvalue weighted by Gasteiger charge is -2.09. The van der Waals surface area contributed by atoms with Crippen LogP contribution < -0.4 is 11.3 Å². The van der Waals surface area contributed by atoms with Crippen molar-refractivity contribution in [3.8, 4) is 6.07 Å². The van der Waals surface area contributed by atoms with Crippen molar-refractivity contribution in [2.24, 2.45) is 5.73 Å². The van der Waals surface area contributed by atoms with Crippen LogP contribution in [0.4, 0.5) is 0 Å². The van der Waals surface area contributed by atoms with E-state index < -0.39 is 0 Å². The minimum Gasteiger partial charge on any atom is -0.326 e. The summed E-state index contributed by atoms with van der Waals surface area (Å²) in [6.45, 7) is 2.21. The van der Waals surface area contributed by atoms with Crippen LogP contribution in [-0.2, 0) is 6.54 Å². The van der Waals surface area contributed by atoms with E-state index >= 15 is 0 Å². The zero-order valence-electron chi connectivity index (χ0n) is 7.70. The molecule has 0 aromatic carbocycles. The lowest BCUT2D eigenvalue weighted by molar-refractivity contribution is 0.572. The standard InChI is InChI=1S/C9H10BrN3O/c1-6(12)4-13-5-8(10)2-7(3-11)9(13)14/h2,5-6H,4,12H2,1H3. The SMILES string of the molecule is CC(N)Cn1cc(Br)cc(C#N)c1=O. The largest absolute Gasteiger partial charge is 0.326 e. The topological polar surface area (TPSA) is 71.8 Å². The maximum Gasteiger partial charge on any atom is 0.268 e. The van der Waals surface area contributed by atoms with E-state index in [-0.39, 0.29) is 17.2 Å². The van der Waals surface area contributed by atoms with Crippen molar-refractivity contribution >= 4 is 15.9 Å². The van der Waals surface area contributed by atoms with E-state index in [0.29, 0.717) is 11.0 Å². The molecule has 74 valence electrons. The Balaban J connectivity index is 3.24. The molecule has 0 bridgehead atoms. The third-order valence-corrected chi connectivity index (χ3v) is 2.09. The van der Waals surface area contributed by atoms with Crippen LogP contribution in [0, 0.1) is 11.3 Å². The van der Waals surface area contributed by atoms with Crippen LogP contribution in [0.5, 0.6) is 0 Å². The highest BCUT2D eigenvalue weighted by molar-refractivity contribution is 9.10. The van der Waals surface area contributed by atoms with Gasteiger partial charge in [0, 0.05) is 23.3 Å². The van der Waals surface area contributed by atoms with E-state index in [0.717, 1.165) is 0 Å². The fourth-order valence-corrected chi connectivity index (χ4v) is 1.60. The van der Waals surface area contributed by atoms with Gasteiger partial charge in [-0.2, -0.15) is 5.26 Å². The Morgan fingerprint density at radius 1 is 1.79 bits per heavy atom. The number of nitrogens with two attached hydrogens (primary N) is 1. The van der Waals surface area contributed by atoms with Gasteiger partial charge < -0.3 is 10.3 Å². The Morgan fingerprint density at radius 3 is 2.93 bits per heavy atom. The summed E-state index contributed by atoms with van der Waals surface area (Å²) in [6.07, 6.45) is 1.63. The van der Waals surface area contributed by atoms with E-state index in [4.69, 9.17) is 11.0 Å². The van der Waals surface area contributed by atoms with Gasteiger partial charge in [-0.05, 0) is 28.9 Å². The van der Waals surface area contributed by atoms with Gasteiger partial charge in [0.05, 0.1) is 0 Å². The van der Waals surface area contributed by atoms with Gasteiger partial charge in [0.2, 0.25) is 0 Å². The number of halogens is 1. The Morgan fingerprint density at radius 2 is 2.43 bits per heavy atom. The van der Waals surface area contributed by atoms with Crippen molar-refractivity contribution < 1.29 is 0 Å². The first-order valence-electron chi connectivity index (χ1n) is 4.10. The number of nitrogens with zero attached hydrogens (tertiary/aromatic N) is 2. The molecule has 1 unspecified atom stereocenters. The minimum atomic E-state index is -0.298. The number of pyridine rings is 1. The van der Waals surface area contributed by atoms with Crippen molar-refractivity contribution in [1.82, 2.24) is 4.57 Å². The Bertz CT molecular complexity index is 431. The maximum atomic E-state index is 11.6. The van der Waals surface area contributed by atoms with Crippen LogP contribution in [0.25, 0.3) is 0 Å². The molecule has 0 aliphatic rings. The summed E-state index contributed by atoms with van der Waals surface area (Å²) >= 11 is 3.23. The number of hydrogen-bond acceptors (Lipinski definition) is 3. The van der Waals surface area contributed by atoms with E-state index in [1.807, 2.05) is 6.07 Å². The molecule has 4 nitrogen and oxygen atoms in total. The third kappa shape index (κ3) is 2.44. The molecular weight excluding hydrogens is 246 g/mol.